The van der Waals surface area contributed by atoms with Crippen molar-refractivity contribution >= 4 is 32.8 Å². The molecule has 4 aromatic rings. The molecule has 156 valence electrons. The molecule has 0 amide bonds. The third-order valence-corrected chi connectivity index (χ3v) is 5.46. The van der Waals surface area contributed by atoms with Crippen molar-refractivity contribution < 1.29 is 8.42 Å². The highest BCUT2D eigenvalue weighted by molar-refractivity contribution is 7.90. The highest BCUT2D eigenvalue weighted by Crippen LogP contribution is 2.34. The minimum Gasteiger partial charge on any atom is -0.392 e. The van der Waals surface area contributed by atoms with Crippen LogP contribution < -0.4 is 11.1 Å². The molecule has 4 rings (SSSR count). The maximum Gasteiger partial charge on any atom is 0.268 e. The van der Waals surface area contributed by atoms with Crippen molar-refractivity contribution in [3.63, 3.8) is 0 Å². The average Bonchev–Trinajstić information content (AvgIpc) is 3.20. The zero-order valence-corrected chi connectivity index (χ0v) is 17.5. The number of sulfone groups is 1. The normalized spacial score (nSPS) is 12.4. The summed E-state index contributed by atoms with van der Waals surface area (Å²) >= 11 is 0. The fourth-order valence-electron chi connectivity index (χ4n) is 3.13. The third kappa shape index (κ3) is 3.88. The molecule has 3 heterocycles. The Hall–Kier alpha value is -4.04. The lowest BCUT2D eigenvalue weighted by atomic mass is 10.0. The van der Waals surface area contributed by atoms with E-state index in [-0.39, 0.29) is 17.3 Å². The van der Waals surface area contributed by atoms with Gasteiger partial charge in [0.1, 0.15) is 11.6 Å². The molecule has 0 spiro atoms. The van der Waals surface area contributed by atoms with Crippen molar-refractivity contribution in [1.82, 2.24) is 24.6 Å². The second-order valence-electron chi connectivity index (χ2n) is 6.88. The number of nitrogens with one attached hydrogen (secondary N) is 1. The maximum atomic E-state index is 11.9. The van der Waals surface area contributed by atoms with E-state index in [9.17, 15) is 8.42 Å². The van der Waals surface area contributed by atoms with Gasteiger partial charge in [-0.1, -0.05) is 30.3 Å². The molecule has 0 aliphatic carbocycles. The van der Waals surface area contributed by atoms with Gasteiger partial charge in [0, 0.05) is 29.8 Å². The summed E-state index contributed by atoms with van der Waals surface area (Å²) in [4.78, 5) is 15.5. The predicted molar refractivity (Wildman–Crippen MR) is 116 cm³/mol. The van der Waals surface area contributed by atoms with Gasteiger partial charge in [-0.2, -0.15) is 5.10 Å². The van der Waals surface area contributed by atoms with Gasteiger partial charge in [-0.15, -0.1) is 0 Å². The van der Waals surface area contributed by atoms with E-state index in [4.69, 9.17) is 12.3 Å². The number of benzene rings is 1. The van der Waals surface area contributed by atoms with E-state index in [0.717, 1.165) is 17.4 Å². The number of aromatic nitrogens is 5. The summed E-state index contributed by atoms with van der Waals surface area (Å²) in [5.41, 5.74) is 8.82. The zero-order valence-electron chi connectivity index (χ0n) is 16.7. The summed E-state index contributed by atoms with van der Waals surface area (Å²) in [6.45, 7) is 9.27. The van der Waals surface area contributed by atoms with Crippen LogP contribution in [0, 0.1) is 6.57 Å². The van der Waals surface area contributed by atoms with Crippen LogP contribution in [0.15, 0.2) is 53.9 Å². The van der Waals surface area contributed by atoms with Gasteiger partial charge in [-0.25, -0.2) is 32.7 Å². The average molecular weight is 434 g/mol. The molecule has 31 heavy (non-hydrogen) atoms. The Labute approximate surface area is 178 Å². The molecular formula is C20H18N8O2S. The summed E-state index contributed by atoms with van der Waals surface area (Å²) in [5.74, 6) is -0.164. The molecule has 0 fully saturated rings. The lowest BCUT2D eigenvalue weighted by Gasteiger charge is -2.20. The molecule has 3 N–H and O–H groups in total. The Balaban J connectivity index is 1.84. The van der Waals surface area contributed by atoms with Crippen LogP contribution in [0.2, 0.25) is 0 Å². The summed E-state index contributed by atoms with van der Waals surface area (Å²) in [6.07, 6.45) is 4.39. The molecule has 10 nitrogen and oxygen atoms in total. The van der Waals surface area contributed by atoms with Gasteiger partial charge in [0.2, 0.25) is 15.0 Å². The van der Waals surface area contributed by atoms with Gasteiger partial charge in [0.15, 0.2) is 5.65 Å². The van der Waals surface area contributed by atoms with Crippen LogP contribution in [0.1, 0.15) is 18.5 Å². The first-order chi connectivity index (χ1) is 14.8. The topological polar surface area (TPSA) is 133 Å². The van der Waals surface area contributed by atoms with Gasteiger partial charge < -0.3 is 11.1 Å². The van der Waals surface area contributed by atoms with E-state index < -0.39 is 21.0 Å². The lowest BCUT2D eigenvalue weighted by molar-refractivity contribution is 0.593. The largest absolute Gasteiger partial charge is 0.392 e. The van der Waals surface area contributed by atoms with E-state index in [1.54, 1.807) is 16.9 Å². The van der Waals surface area contributed by atoms with Crippen molar-refractivity contribution in [2.24, 2.45) is 0 Å². The van der Waals surface area contributed by atoms with E-state index in [1.807, 2.05) is 43.3 Å². The second kappa shape index (κ2) is 7.66. The summed E-state index contributed by atoms with van der Waals surface area (Å²) in [7, 11) is -3.72. The number of hydrogen-bond donors (Lipinski definition) is 2. The minimum absolute atomic E-state index is 0.0395. The van der Waals surface area contributed by atoms with Crippen LogP contribution in [0.25, 0.3) is 21.7 Å². The van der Waals surface area contributed by atoms with E-state index in [0.29, 0.717) is 11.3 Å². The van der Waals surface area contributed by atoms with Gasteiger partial charge in [-0.05, 0) is 13.0 Å². The highest BCUT2D eigenvalue weighted by Gasteiger charge is 2.22. The predicted octanol–water partition coefficient (Wildman–Crippen LogP) is 2.90. The number of rotatable bonds is 5. The Morgan fingerprint density at radius 3 is 2.65 bits per heavy atom. The van der Waals surface area contributed by atoms with Crippen LogP contribution in [0.3, 0.4) is 0 Å². The van der Waals surface area contributed by atoms with Crippen LogP contribution in [0.5, 0.6) is 0 Å². The molecule has 0 radical (unpaired) electrons. The zero-order chi connectivity index (χ0) is 22.2. The molecular weight excluding hydrogens is 416 g/mol. The van der Waals surface area contributed by atoms with Crippen molar-refractivity contribution in [2.75, 3.05) is 17.3 Å². The second-order valence-corrected chi connectivity index (χ2v) is 8.79. The monoisotopic (exact) mass is 434 g/mol. The number of nitrogens with two attached hydrogens (primary N) is 1. The maximum absolute atomic E-state index is 11.9. The number of hydrogen-bond acceptors (Lipinski definition) is 8. The summed E-state index contributed by atoms with van der Waals surface area (Å²) in [6, 6.07) is 11.1. The smallest absolute Gasteiger partial charge is 0.268 e. The number of anilines is 2. The van der Waals surface area contributed by atoms with Crippen molar-refractivity contribution in [2.45, 2.75) is 18.1 Å². The molecule has 1 aromatic carbocycles. The minimum atomic E-state index is -3.72. The fraction of sp³-hybridized carbons (Fsp3) is 0.150. The van der Waals surface area contributed by atoms with Crippen molar-refractivity contribution in [3.8, 4) is 11.3 Å². The molecule has 0 aliphatic rings. The van der Waals surface area contributed by atoms with Crippen LogP contribution in [-0.2, 0) is 9.84 Å². The Morgan fingerprint density at radius 1 is 1.23 bits per heavy atom. The first kappa shape index (κ1) is 20.2. The first-order valence-corrected chi connectivity index (χ1v) is 11.1. The molecule has 0 saturated carbocycles. The molecule has 11 heteroatoms. The molecule has 3 aromatic heterocycles. The van der Waals surface area contributed by atoms with Crippen molar-refractivity contribution in [1.29, 1.82) is 0 Å². The quantitative estimate of drug-likeness (QED) is 0.362. The Kier molecular flexibility index (Phi) is 5.00. The van der Waals surface area contributed by atoms with Gasteiger partial charge >= 0.3 is 0 Å². The van der Waals surface area contributed by atoms with Crippen LogP contribution >= 0.6 is 0 Å². The molecule has 1 atom stereocenters. The third-order valence-electron chi connectivity index (χ3n) is 4.62. The SMILES string of the molecule is [C-]#[N+]c1c(N)nc(S(C)(=O)=O)nc1N[C@@H](C)c1cc2nccn2nc1-c1ccccc1. The number of imidazole rings is 1. The van der Waals surface area contributed by atoms with Crippen LogP contribution in [0.4, 0.5) is 17.3 Å². The van der Waals surface area contributed by atoms with Crippen molar-refractivity contribution in [3.05, 3.63) is 65.8 Å². The van der Waals surface area contributed by atoms with E-state index in [2.05, 4.69) is 30.2 Å². The Morgan fingerprint density at radius 2 is 1.97 bits per heavy atom. The molecule has 0 bridgehead atoms. The number of nitrogens with zero attached hydrogens (tertiary/aromatic N) is 6. The van der Waals surface area contributed by atoms with Crippen LogP contribution in [-0.4, -0.2) is 39.2 Å². The summed E-state index contributed by atoms with van der Waals surface area (Å²) < 4.78 is 25.6. The molecule has 0 saturated heterocycles. The fourth-order valence-corrected chi connectivity index (χ4v) is 3.65. The number of nitrogen functional groups attached to an aromatic ring is 1. The van der Waals surface area contributed by atoms with Gasteiger partial charge in [-0.3, -0.25) is 0 Å². The Bertz CT molecular complexity index is 1430. The lowest BCUT2D eigenvalue weighted by Crippen LogP contribution is -2.14. The highest BCUT2D eigenvalue weighted by atomic mass is 32.2. The summed E-state index contributed by atoms with van der Waals surface area (Å²) in [5, 5.41) is 7.35. The number of fused-ring (bicyclic) bond motifs is 1. The van der Waals surface area contributed by atoms with Gasteiger partial charge in [0.05, 0.1) is 18.3 Å². The van der Waals surface area contributed by atoms with E-state index >= 15 is 0 Å². The molecule has 0 unspecified atom stereocenters. The first-order valence-electron chi connectivity index (χ1n) is 9.19. The van der Waals surface area contributed by atoms with E-state index in [1.165, 1.54) is 0 Å². The standard InChI is InChI=1S/C20H18N8O2S/c1-12(24-19-17(22-2)18(21)25-20(26-19)31(3,29)30)14-11-15-23-9-10-28(15)27-16(14)13-7-5-4-6-8-13/h4-12H,1,3H3,(H3,21,24,25,26)/t12-/m0/s1. The molecule has 0 aliphatic heterocycles. The van der Waals surface area contributed by atoms with Gasteiger partial charge in [0.25, 0.3) is 5.69 Å².